The topological polar surface area (TPSA) is 55.1 Å². The lowest BCUT2D eigenvalue weighted by Gasteiger charge is -2.43. The molecular weight excluding hydrogens is 284 g/mol. The molecule has 2 atom stereocenters. The minimum atomic E-state index is 0.185. The summed E-state index contributed by atoms with van der Waals surface area (Å²) in [5, 5.41) is 3.16. The van der Waals surface area contributed by atoms with Crippen LogP contribution in [-0.4, -0.2) is 18.5 Å². The van der Waals surface area contributed by atoms with Crippen molar-refractivity contribution >= 4 is 5.91 Å². The smallest absolute Gasteiger partial charge is 0.223 e. The minimum absolute atomic E-state index is 0.185. The summed E-state index contributed by atoms with van der Waals surface area (Å²) in [6, 6.07) is 6.95. The van der Waals surface area contributed by atoms with E-state index in [1.54, 1.807) is 0 Å². The lowest BCUT2D eigenvalue weighted by molar-refractivity contribution is -0.127. The second kappa shape index (κ2) is 7.04. The zero-order valence-corrected chi connectivity index (χ0v) is 14.5. The van der Waals surface area contributed by atoms with Crippen molar-refractivity contribution in [1.29, 1.82) is 0 Å². The van der Waals surface area contributed by atoms with E-state index in [1.165, 1.54) is 36.0 Å². The molecule has 1 aromatic carbocycles. The van der Waals surface area contributed by atoms with E-state index in [2.05, 4.69) is 37.4 Å². The molecule has 0 aliphatic heterocycles. The van der Waals surface area contributed by atoms with Gasteiger partial charge in [-0.15, -0.1) is 0 Å². The number of rotatable bonds is 4. The lowest BCUT2D eigenvalue weighted by Crippen LogP contribution is -2.49. The summed E-state index contributed by atoms with van der Waals surface area (Å²) < 4.78 is 0. The van der Waals surface area contributed by atoms with E-state index < -0.39 is 0 Å². The number of carbonyl (C=O) groups is 1. The molecule has 2 aliphatic rings. The van der Waals surface area contributed by atoms with Crippen molar-refractivity contribution in [2.75, 3.05) is 6.54 Å². The highest BCUT2D eigenvalue weighted by Gasteiger charge is 2.40. The average molecular weight is 314 g/mol. The number of fused-ring (bicyclic) bond motifs is 2. The van der Waals surface area contributed by atoms with E-state index in [1.807, 2.05) is 0 Å². The molecule has 2 unspecified atom stereocenters. The fraction of sp³-hybridized carbons (Fsp3) is 0.650. The van der Waals surface area contributed by atoms with Crippen LogP contribution < -0.4 is 11.1 Å². The molecule has 2 bridgehead atoms. The quantitative estimate of drug-likeness (QED) is 0.897. The molecule has 2 saturated carbocycles. The summed E-state index contributed by atoms with van der Waals surface area (Å²) in [6.45, 7) is 4.98. The Balaban J connectivity index is 1.50. The van der Waals surface area contributed by atoms with Gasteiger partial charge in [0.2, 0.25) is 5.91 Å². The van der Waals surface area contributed by atoms with Gasteiger partial charge >= 0.3 is 0 Å². The Morgan fingerprint density at radius 3 is 2.35 bits per heavy atom. The molecule has 0 heterocycles. The van der Waals surface area contributed by atoms with Gasteiger partial charge in [0.05, 0.1) is 0 Å². The second-order valence-corrected chi connectivity index (χ2v) is 7.73. The highest BCUT2D eigenvalue weighted by Crippen LogP contribution is 2.41. The SMILES string of the molecule is Cc1cc(C)cc(CCNC(=O)C2CC3CCCC(C2)C3N)c1. The van der Waals surface area contributed by atoms with Gasteiger partial charge in [-0.1, -0.05) is 35.7 Å². The Hall–Kier alpha value is -1.35. The summed E-state index contributed by atoms with van der Waals surface area (Å²) in [6.07, 6.45) is 6.62. The Kier molecular flexibility index (Phi) is 5.05. The van der Waals surface area contributed by atoms with Gasteiger partial charge in [-0.05, 0) is 63.4 Å². The first-order valence-corrected chi connectivity index (χ1v) is 9.13. The lowest BCUT2D eigenvalue weighted by atomic mass is 9.65. The fourth-order valence-electron chi connectivity index (χ4n) is 4.69. The minimum Gasteiger partial charge on any atom is -0.356 e. The Morgan fingerprint density at radius 1 is 1.13 bits per heavy atom. The first-order chi connectivity index (χ1) is 11.0. The number of hydrogen-bond donors (Lipinski definition) is 2. The largest absolute Gasteiger partial charge is 0.356 e. The van der Waals surface area contributed by atoms with Crippen LogP contribution in [0.1, 0.15) is 48.8 Å². The number of hydrogen-bond acceptors (Lipinski definition) is 2. The average Bonchev–Trinajstić information content (AvgIpc) is 2.45. The third-order valence-electron chi connectivity index (χ3n) is 5.78. The molecular formula is C20H30N2O. The van der Waals surface area contributed by atoms with Gasteiger partial charge in [0, 0.05) is 18.5 Å². The van der Waals surface area contributed by atoms with Crippen LogP contribution in [0.4, 0.5) is 0 Å². The van der Waals surface area contributed by atoms with Crippen LogP contribution >= 0.6 is 0 Å². The van der Waals surface area contributed by atoms with Gasteiger partial charge in [-0.25, -0.2) is 0 Å². The molecule has 0 radical (unpaired) electrons. The molecule has 1 amide bonds. The number of nitrogens with two attached hydrogens (primary N) is 1. The zero-order valence-electron chi connectivity index (χ0n) is 14.5. The van der Waals surface area contributed by atoms with Crippen molar-refractivity contribution in [3.63, 3.8) is 0 Å². The Labute approximate surface area is 140 Å². The van der Waals surface area contributed by atoms with Crippen LogP contribution in [0.2, 0.25) is 0 Å². The van der Waals surface area contributed by atoms with E-state index >= 15 is 0 Å². The van der Waals surface area contributed by atoms with Gasteiger partial charge < -0.3 is 11.1 Å². The number of carbonyl (C=O) groups excluding carboxylic acids is 1. The van der Waals surface area contributed by atoms with Crippen LogP contribution in [0.3, 0.4) is 0 Å². The molecule has 0 saturated heterocycles. The third kappa shape index (κ3) is 3.95. The van der Waals surface area contributed by atoms with Gasteiger partial charge in [0.1, 0.15) is 0 Å². The van der Waals surface area contributed by atoms with Crippen molar-refractivity contribution in [2.24, 2.45) is 23.5 Å². The molecule has 23 heavy (non-hydrogen) atoms. The molecule has 3 heteroatoms. The molecule has 2 fully saturated rings. The van der Waals surface area contributed by atoms with Crippen LogP contribution in [0, 0.1) is 31.6 Å². The van der Waals surface area contributed by atoms with Crippen molar-refractivity contribution < 1.29 is 4.79 Å². The van der Waals surface area contributed by atoms with Crippen molar-refractivity contribution in [3.05, 3.63) is 34.9 Å². The third-order valence-corrected chi connectivity index (χ3v) is 5.78. The number of benzene rings is 1. The normalized spacial score (nSPS) is 30.0. The zero-order chi connectivity index (χ0) is 16.4. The number of nitrogens with one attached hydrogen (secondary N) is 1. The fourth-order valence-corrected chi connectivity index (χ4v) is 4.69. The van der Waals surface area contributed by atoms with Crippen LogP contribution in [-0.2, 0) is 11.2 Å². The molecule has 3 nitrogen and oxygen atoms in total. The molecule has 3 rings (SSSR count). The van der Waals surface area contributed by atoms with E-state index in [0.29, 0.717) is 17.9 Å². The van der Waals surface area contributed by atoms with E-state index in [9.17, 15) is 4.79 Å². The van der Waals surface area contributed by atoms with Gasteiger partial charge in [0.25, 0.3) is 0 Å². The summed E-state index contributed by atoms with van der Waals surface area (Å²) >= 11 is 0. The van der Waals surface area contributed by atoms with Crippen molar-refractivity contribution in [1.82, 2.24) is 5.32 Å². The molecule has 1 aromatic rings. The summed E-state index contributed by atoms with van der Waals surface area (Å²) in [5.41, 5.74) is 10.2. The van der Waals surface area contributed by atoms with Crippen molar-refractivity contribution in [3.8, 4) is 0 Å². The summed E-state index contributed by atoms with van der Waals surface area (Å²) in [4.78, 5) is 12.5. The summed E-state index contributed by atoms with van der Waals surface area (Å²) in [5.74, 6) is 1.57. The maximum Gasteiger partial charge on any atom is 0.223 e. The van der Waals surface area contributed by atoms with Gasteiger partial charge in [-0.3, -0.25) is 4.79 Å². The van der Waals surface area contributed by atoms with Crippen LogP contribution in [0.5, 0.6) is 0 Å². The van der Waals surface area contributed by atoms with Crippen LogP contribution in [0.25, 0.3) is 0 Å². The Bertz CT molecular complexity index is 535. The Morgan fingerprint density at radius 2 is 1.74 bits per heavy atom. The van der Waals surface area contributed by atoms with Gasteiger partial charge in [-0.2, -0.15) is 0 Å². The highest BCUT2D eigenvalue weighted by molar-refractivity contribution is 5.78. The first-order valence-electron chi connectivity index (χ1n) is 9.13. The molecule has 126 valence electrons. The maximum absolute atomic E-state index is 12.5. The predicted octanol–water partition coefficient (Wildman–Crippen LogP) is 3.12. The van der Waals surface area contributed by atoms with Crippen LogP contribution in [0.15, 0.2) is 18.2 Å². The van der Waals surface area contributed by atoms with E-state index in [0.717, 1.165) is 25.8 Å². The summed E-state index contributed by atoms with van der Waals surface area (Å²) in [7, 11) is 0. The predicted molar refractivity (Wildman–Crippen MR) is 94.2 cm³/mol. The van der Waals surface area contributed by atoms with Crippen molar-refractivity contribution in [2.45, 2.75) is 58.4 Å². The molecule has 0 spiro atoms. The van der Waals surface area contributed by atoms with E-state index in [4.69, 9.17) is 5.73 Å². The number of amides is 1. The molecule has 2 aliphatic carbocycles. The first kappa shape index (κ1) is 16.5. The van der Waals surface area contributed by atoms with Gasteiger partial charge in [0.15, 0.2) is 0 Å². The van der Waals surface area contributed by atoms with E-state index in [-0.39, 0.29) is 11.8 Å². The maximum atomic E-state index is 12.5. The monoisotopic (exact) mass is 314 g/mol. The highest BCUT2D eigenvalue weighted by atomic mass is 16.1. The molecule has 3 N–H and O–H groups in total. The standard InChI is InChI=1S/C20H30N2O/c1-13-8-14(2)10-15(9-13)6-7-22-20(23)18-11-16-4-3-5-17(12-18)19(16)21/h8-10,16-19H,3-7,11-12,21H2,1-2H3,(H,22,23). The number of aryl methyl sites for hydroxylation is 2. The second-order valence-electron chi connectivity index (χ2n) is 7.73. The molecule has 0 aromatic heterocycles.